The van der Waals surface area contributed by atoms with Crippen molar-refractivity contribution in [3.63, 3.8) is 0 Å². The number of hydrogen-bond acceptors (Lipinski definition) is 3. The lowest BCUT2D eigenvalue weighted by molar-refractivity contribution is 0.620. The third kappa shape index (κ3) is 4.16. The molecule has 0 aliphatic carbocycles. The lowest BCUT2D eigenvalue weighted by atomic mass is 9.88. The highest BCUT2D eigenvalue weighted by molar-refractivity contribution is 6.13. The van der Waals surface area contributed by atoms with Crippen LogP contribution in [0.3, 0.4) is 0 Å². The van der Waals surface area contributed by atoms with Gasteiger partial charge in [-0.3, -0.25) is 4.98 Å². The van der Waals surface area contributed by atoms with Crippen LogP contribution in [0.2, 0.25) is 0 Å². The van der Waals surface area contributed by atoms with Crippen molar-refractivity contribution in [2.75, 3.05) is 0 Å². The monoisotopic (exact) mass is 524 g/mol. The topological polar surface area (TPSA) is 38.9 Å². The summed E-state index contributed by atoms with van der Waals surface area (Å²) in [5.74, 6) is 0.629. The van der Waals surface area contributed by atoms with Crippen molar-refractivity contribution in [1.82, 2.24) is 9.97 Å². The molecule has 0 atom stereocenters. The number of nitrogens with zero attached hydrogens (tertiary/aromatic N) is 2. The fourth-order valence-electron chi connectivity index (χ4n) is 5.76. The van der Waals surface area contributed by atoms with Gasteiger partial charge in [-0.05, 0) is 104 Å². The molecule has 2 heterocycles. The van der Waals surface area contributed by atoms with E-state index in [1.807, 2.05) is 42.7 Å². The van der Waals surface area contributed by atoms with Gasteiger partial charge in [0.2, 0.25) is 5.89 Å². The Balaban J connectivity index is 1.32. The third-order valence-corrected chi connectivity index (χ3v) is 7.75. The van der Waals surface area contributed by atoms with Gasteiger partial charge in [0.15, 0.2) is 5.58 Å². The maximum Gasteiger partial charge on any atom is 0.227 e. The molecule has 0 saturated heterocycles. The van der Waals surface area contributed by atoms with Gasteiger partial charge in [0.25, 0.3) is 0 Å². The smallest absolute Gasteiger partial charge is 0.227 e. The van der Waals surface area contributed by atoms with Crippen molar-refractivity contribution >= 4 is 32.6 Å². The molecule has 0 saturated carbocycles. The van der Waals surface area contributed by atoms with Gasteiger partial charge < -0.3 is 4.42 Å². The molecule has 8 rings (SSSR count). The van der Waals surface area contributed by atoms with Crippen LogP contribution in [0, 0.1) is 0 Å². The van der Waals surface area contributed by atoms with Crippen LogP contribution >= 0.6 is 0 Å². The molecular formula is C38H24N2O. The van der Waals surface area contributed by atoms with Gasteiger partial charge in [-0.25, -0.2) is 4.98 Å². The fourth-order valence-corrected chi connectivity index (χ4v) is 5.76. The van der Waals surface area contributed by atoms with Crippen LogP contribution in [0.25, 0.3) is 77.5 Å². The Hall–Kier alpha value is -5.54. The first-order valence-corrected chi connectivity index (χ1v) is 13.7. The summed E-state index contributed by atoms with van der Waals surface area (Å²) in [5, 5.41) is 4.95. The molecule has 2 aromatic heterocycles. The lowest BCUT2D eigenvalue weighted by Crippen LogP contribution is -1.90. The second kappa shape index (κ2) is 9.58. The Bertz CT molecular complexity index is 2110. The van der Waals surface area contributed by atoms with E-state index in [9.17, 15) is 0 Å². The molecule has 6 aromatic carbocycles. The van der Waals surface area contributed by atoms with Crippen molar-refractivity contribution in [2.24, 2.45) is 0 Å². The second-order valence-corrected chi connectivity index (χ2v) is 10.3. The van der Waals surface area contributed by atoms with Crippen LogP contribution in [0.1, 0.15) is 0 Å². The highest BCUT2D eigenvalue weighted by Gasteiger charge is 2.14. The van der Waals surface area contributed by atoms with Gasteiger partial charge in [-0.15, -0.1) is 0 Å². The maximum atomic E-state index is 6.02. The molecule has 0 fully saturated rings. The summed E-state index contributed by atoms with van der Waals surface area (Å²) < 4.78 is 6.02. The molecule has 0 aliphatic heterocycles. The zero-order valence-corrected chi connectivity index (χ0v) is 22.2. The fraction of sp³-hybridized carbons (Fsp3) is 0. The van der Waals surface area contributed by atoms with Crippen molar-refractivity contribution in [2.45, 2.75) is 0 Å². The molecule has 8 aromatic rings. The number of benzene rings is 6. The predicted octanol–water partition coefficient (Wildman–Crippen LogP) is 10.2. The van der Waals surface area contributed by atoms with Gasteiger partial charge in [0, 0.05) is 23.5 Å². The van der Waals surface area contributed by atoms with Gasteiger partial charge in [0.05, 0.1) is 0 Å². The summed E-state index contributed by atoms with van der Waals surface area (Å²) >= 11 is 0. The van der Waals surface area contributed by atoms with E-state index in [1.54, 1.807) is 0 Å². The van der Waals surface area contributed by atoms with Crippen LogP contribution in [0.5, 0.6) is 0 Å². The van der Waals surface area contributed by atoms with Crippen molar-refractivity contribution in [1.29, 1.82) is 0 Å². The molecule has 3 nitrogen and oxygen atoms in total. The number of rotatable bonds is 4. The van der Waals surface area contributed by atoms with Crippen molar-refractivity contribution in [3.05, 3.63) is 146 Å². The summed E-state index contributed by atoms with van der Waals surface area (Å²) in [7, 11) is 0. The normalized spacial score (nSPS) is 11.4. The Morgan fingerprint density at radius 2 is 1.10 bits per heavy atom. The first kappa shape index (κ1) is 23.4. The molecule has 0 aliphatic rings. The highest BCUT2D eigenvalue weighted by Crippen LogP contribution is 2.40. The highest BCUT2D eigenvalue weighted by atomic mass is 16.3. The minimum Gasteiger partial charge on any atom is -0.436 e. The molecule has 3 heteroatoms. The molecule has 192 valence electrons. The lowest BCUT2D eigenvalue weighted by Gasteiger charge is -2.15. The molecule has 0 unspecified atom stereocenters. The molecular weight excluding hydrogens is 500 g/mol. The molecule has 0 N–H and O–H groups in total. The number of oxazole rings is 1. The van der Waals surface area contributed by atoms with E-state index in [2.05, 4.69) is 113 Å². The van der Waals surface area contributed by atoms with Gasteiger partial charge >= 0.3 is 0 Å². The number of aromatic nitrogens is 2. The maximum absolute atomic E-state index is 6.02. The Kier molecular flexibility index (Phi) is 5.46. The van der Waals surface area contributed by atoms with Crippen molar-refractivity contribution in [3.8, 4) is 44.8 Å². The average molecular weight is 525 g/mol. The minimum atomic E-state index is 0.629. The largest absolute Gasteiger partial charge is 0.436 e. The van der Waals surface area contributed by atoms with Gasteiger partial charge in [0.1, 0.15) is 5.52 Å². The van der Waals surface area contributed by atoms with E-state index in [0.29, 0.717) is 5.89 Å². The first-order chi connectivity index (χ1) is 20.3. The predicted molar refractivity (Wildman–Crippen MR) is 169 cm³/mol. The van der Waals surface area contributed by atoms with E-state index < -0.39 is 0 Å². The molecule has 0 radical (unpaired) electrons. The summed E-state index contributed by atoms with van der Waals surface area (Å²) in [6, 6.07) is 46.9. The van der Waals surface area contributed by atoms with E-state index in [1.165, 1.54) is 32.7 Å². The van der Waals surface area contributed by atoms with E-state index in [4.69, 9.17) is 4.42 Å². The summed E-state index contributed by atoms with van der Waals surface area (Å²) in [4.78, 5) is 9.09. The van der Waals surface area contributed by atoms with E-state index in [-0.39, 0.29) is 0 Å². The SMILES string of the molecule is c1cncc(-c2cc(-c3ccc(-c4nc5ccccc5o4)cc3)cc(-c3c4ccccc4cc4ccccc34)c2)c1. The number of pyridine rings is 1. The minimum absolute atomic E-state index is 0.629. The van der Waals surface area contributed by atoms with E-state index in [0.717, 1.165) is 38.9 Å². The molecule has 0 bridgehead atoms. The van der Waals surface area contributed by atoms with Crippen LogP contribution < -0.4 is 0 Å². The average Bonchev–Trinajstić information content (AvgIpc) is 3.48. The Morgan fingerprint density at radius 3 is 1.80 bits per heavy atom. The number of hydrogen-bond donors (Lipinski definition) is 0. The Labute approximate surface area is 237 Å². The number of para-hydroxylation sites is 2. The van der Waals surface area contributed by atoms with Crippen LogP contribution in [0.15, 0.2) is 150 Å². The third-order valence-electron chi connectivity index (χ3n) is 7.75. The summed E-state index contributed by atoms with van der Waals surface area (Å²) in [6.45, 7) is 0. The zero-order valence-electron chi connectivity index (χ0n) is 22.2. The summed E-state index contributed by atoms with van der Waals surface area (Å²) in [6.07, 6.45) is 3.75. The van der Waals surface area contributed by atoms with Gasteiger partial charge in [-0.2, -0.15) is 0 Å². The summed E-state index contributed by atoms with van der Waals surface area (Å²) in [5.41, 5.74) is 9.52. The molecule has 0 spiro atoms. The van der Waals surface area contributed by atoms with Gasteiger partial charge in [-0.1, -0.05) is 78.9 Å². The molecule has 0 amide bonds. The van der Waals surface area contributed by atoms with Crippen molar-refractivity contribution < 1.29 is 4.42 Å². The quantitative estimate of drug-likeness (QED) is 0.215. The standard InChI is InChI=1S/C38H24N2O/c1-3-11-33-27(8-1)20-28-9-2-4-12-34(28)37(33)32-22-30(21-31(23-32)29-10-7-19-39-24-29)25-15-17-26(18-16-25)38-40-35-13-5-6-14-36(35)41-38/h1-24H. The number of fused-ring (bicyclic) bond motifs is 3. The Morgan fingerprint density at radius 1 is 0.463 bits per heavy atom. The van der Waals surface area contributed by atoms with Crippen LogP contribution in [0.4, 0.5) is 0 Å². The second-order valence-electron chi connectivity index (χ2n) is 10.3. The zero-order chi connectivity index (χ0) is 27.2. The van der Waals surface area contributed by atoms with E-state index >= 15 is 0 Å². The molecule has 41 heavy (non-hydrogen) atoms. The van der Waals surface area contributed by atoms with Crippen LogP contribution in [-0.4, -0.2) is 9.97 Å². The first-order valence-electron chi connectivity index (χ1n) is 13.7. The van der Waals surface area contributed by atoms with Crippen LogP contribution in [-0.2, 0) is 0 Å².